The third-order valence-corrected chi connectivity index (χ3v) is 4.87. The maximum Gasteiger partial charge on any atom is 0.229 e. The predicted octanol–water partition coefficient (Wildman–Crippen LogP) is 7.23. The fourth-order valence-corrected chi connectivity index (χ4v) is 3.00. The van der Waals surface area contributed by atoms with Crippen molar-refractivity contribution in [3.63, 3.8) is 0 Å². The van der Waals surface area contributed by atoms with E-state index in [0.717, 1.165) is 11.4 Å². The smallest absolute Gasteiger partial charge is 0.229 e. The molecule has 3 N–H and O–H groups in total. The van der Waals surface area contributed by atoms with Gasteiger partial charge in [-0.15, -0.1) is 10.2 Å². The summed E-state index contributed by atoms with van der Waals surface area (Å²) in [6.07, 6.45) is 0. The highest BCUT2D eigenvalue weighted by Crippen LogP contribution is 2.26. The lowest BCUT2D eigenvalue weighted by atomic mass is 10.2. The Morgan fingerprint density at radius 2 is 1.47 bits per heavy atom. The van der Waals surface area contributed by atoms with Gasteiger partial charge in [0.25, 0.3) is 0 Å². The summed E-state index contributed by atoms with van der Waals surface area (Å²) in [4.78, 5) is 24.0. The molecule has 12 heteroatoms. The predicted molar refractivity (Wildman–Crippen MR) is 174 cm³/mol. The van der Waals surface area contributed by atoms with E-state index in [9.17, 15) is 5.11 Å². The first kappa shape index (κ1) is 35.9. The van der Waals surface area contributed by atoms with Gasteiger partial charge in [-0.05, 0) is 31.2 Å². The number of rotatable bonds is 8. The Labute approximate surface area is 254 Å². The Morgan fingerprint density at radius 3 is 2.09 bits per heavy atom. The van der Waals surface area contributed by atoms with Crippen molar-refractivity contribution in [3.8, 4) is 11.5 Å². The summed E-state index contributed by atoms with van der Waals surface area (Å²) in [5.41, 5.74) is 4.63. The van der Waals surface area contributed by atoms with E-state index >= 15 is 0 Å². The molecule has 0 atom stereocenters. The lowest BCUT2D eigenvalue weighted by molar-refractivity contribution is -0.177. The van der Waals surface area contributed by atoms with Crippen molar-refractivity contribution >= 4 is 29.1 Å². The number of phenols is 1. The van der Waals surface area contributed by atoms with Crippen molar-refractivity contribution in [1.29, 1.82) is 0 Å². The second-order valence-corrected chi connectivity index (χ2v) is 8.00. The molecule has 12 nitrogen and oxygen atoms in total. The standard InChI is InChI=1S/C20H18N4O3.C7H13N5.2C2H6/c1-26-27-19-14-8-6-12-17(19)22-24-20(15-9-3-2-4-10-15)23-21-16-11-5-7-13-18(16)25;1-5-9-6(8-2)11-7(10-5)12(3)4;2*1-2/h2-14,22,25H,1H3;1-4H3,(H,8,9,10,11);2*1-2H3/b23-21?,24-20+;;;. The Balaban J connectivity index is 0.000000483. The normalized spacial score (nSPS) is 10.2. The van der Waals surface area contributed by atoms with Crippen LogP contribution in [0.2, 0.25) is 0 Å². The summed E-state index contributed by atoms with van der Waals surface area (Å²) in [5.74, 6) is 2.86. The van der Waals surface area contributed by atoms with E-state index in [1.54, 1.807) is 43.4 Å². The molecule has 0 fully saturated rings. The van der Waals surface area contributed by atoms with Crippen LogP contribution in [0, 0.1) is 6.92 Å². The van der Waals surface area contributed by atoms with Crippen LogP contribution in [-0.4, -0.2) is 54.1 Å². The van der Waals surface area contributed by atoms with Crippen LogP contribution in [-0.2, 0) is 4.89 Å². The summed E-state index contributed by atoms with van der Waals surface area (Å²) >= 11 is 0. The molecule has 3 aromatic carbocycles. The van der Waals surface area contributed by atoms with Crippen LogP contribution in [0.1, 0.15) is 39.1 Å². The molecule has 0 aliphatic rings. The number of azo groups is 1. The van der Waals surface area contributed by atoms with Gasteiger partial charge >= 0.3 is 0 Å². The SMILES string of the molecule is CC.CC.CNc1nc(C)nc(N(C)C)n1.COOc1ccccc1N/N=C(/N=Nc1ccccc1O)c1ccccc1. The Hall–Kier alpha value is -5.10. The van der Waals surface area contributed by atoms with Crippen molar-refractivity contribution in [2.45, 2.75) is 34.6 Å². The molecule has 43 heavy (non-hydrogen) atoms. The van der Waals surface area contributed by atoms with E-state index in [-0.39, 0.29) is 5.75 Å². The second-order valence-electron chi connectivity index (χ2n) is 8.00. The molecule has 0 amide bonds. The highest BCUT2D eigenvalue weighted by molar-refractivity contribution is 5.99. The maximum absolute atomic E-state index is 9.86. The minimum Gasteiger partial charge on any atom is -0.506 e. The molecule has 0 aliphatic heterocycles. The number of hydrogen-bond donors (Lipinski definition) is 3. The maximum atomic E-state index is 9.86. The van der Waals surface area contributed by atoms with Gasteiger partial charge in [0, 0.05) is 26.7 Å². The first-order valence-electron chi connectivity index (χ1n) is 13.9. The number of para-hydroxylation sites is 3. The molecule has 0 aliphatic carbocycles. The van der Waals surface area contributed by atoms with Gasteiger partial charge in [-0.1, -0.05) is 82.3 Å². The topological polar surface area (TPSA) is 142 Å². The van der Waals surface area contributed by atoms with Crippen LogP contribution in [0.15, 0.2) is 94.2 Å². The number of nitrogens with one attached hydrogen (secondary N) is 2. The van der Waals surface area contributed by atoms with Crippen LogP contribution in [0.25, 0.3) is 0 Å². The monoisotopic (exact) mass is 589 g/mol. The highest BCUT2D eigenvalue weighted by atomic mass is 17.2. The van der Waals surface area contributed by atoms with Crippen molar-refractivity contribution in [2.75, 3.05) is 43.9 Å². The van der Waals surface area contributed by atoms with Gasteiger partial charge in [0.2, 0.25) is 17.7 Å². The number of benzene rings is 3. The van der Waals surface area contributed by atoms with Crippen molar-refractivity contribution in [3.05, 3.63) is 90.3 Å². The summed E-state index contributed by atoms with van der Waals surface area (Å²) < 4.78 is 0. The fourth-order valence-electron chi connectivity index (χ4n) is 3.00. The molecule has 4 rings (SSSR count). The molecule has 0 saturated carbocycles. The number of aryl methyl sites for hydroxylation is 1. The molecule has 0 spiro atoms. The lowest BCUT2D eigenvalue weighted by Gasteiger charge is -2.10. The molecule has 4 aromatic rings. The number of aromatic hydroxyl groups is 1. The summed E-state index contributed by atoms with van der Waals surface area (Å²) in [6.45, 7) is 9.84. The zero-order valence-electron chi connectivity index (χ0n) is 26.4. The number of aromatic nitrogens is 3. The average Bonchev–Trinajstić information content (AvgIpc) is 3.05. The molecule has 0 saturated heterocycles. The number of nitrogens with zero attached hydrogens (tertiary/aromatic N) is 7. The summed E-state index contributed by atoms with van der Waals surface area (Å²) in [6, 6.07) is 23.3. The van der Waals surface area contributed by atoms with Gasteiger partial charge in [-0.3, -0.25) is 5.43 Å². The van der Waals surface area contributed by atoms with Gasteiger partial charge in [0.15, 0.2) is 5.75 Å². The largest absolute Gasteiger partial charge is 0.506 e. The fraction of sp³-hybridized carbons (Fsp3) is 0.290. The third-order valence-electron chi connectivity index (χ3n) is 4.87. The number of hydrogen-bond acceptors (Lipinski definition) is 11. The van der Waals surface area contributed by atoms with Gasteiger partial charge in [0.05, 0.1) is 7.11 Å². The summed E-state index contributed by atoms with van der Waals surface area (Å²) in [7, 11) is 7.01. The highest BCUT2D eigenvalue weighted by Gasteiger charge is 2.07. The van der Waals surface area contributed by atoms with Crippen molar-refractivity contribution in [2.24, 2.45) is 15.3 Å². The molecular weight excluding hydrogens is 546 g/mol. The van der Waals surface area contributed by atoms with Crippen LogP contribution in [0.4, 0.5) is 23.3 Å². The lowest BCUT2D eigenvalue weighted by Crippen LogP contribution is -2.15. The van der Waals surface area contributed by atoms with Gasteiger partial charge in [-0.25, -0.2) is 0 Å². The Morgan fingerprint density at radius 1 is 0.837 bits per heavy atom. The van der Waals surface area contributed by atoms with E-state index in [2.05, 4.69) is 41.0 Å². The number of phenolic OH excluding ortho intramolecular Hbond substituents is 1. The molecule has 230 valence electrons. The van der Waals surface area contributed by atoms with Crippen LogP contribution < -0.4 is 20.5 Å². The Bertz CT molecular complexity index is 1400. The molecule has 0 bridgehead atoms. The van der Waals surface area contributed by atoms with Crippen LogP contribution >= 0.6 is 0 Å². The second kappa shape index (κ2) is 20.7. The van der Waals surface area contributed by atoms with Crippen LogP contribution in [0.5, 0.6) is 11.5 Å². The number of amidine groups is 1. The zero-order chi connectivity index (χ0) is 32.0. The van der Waals surface area contributed by atoms with Crippen LogP contribution in [0.3, 0.4) is 0 Å². The minimum atomic E-state index is 0.0421. The van der Waals surface area contributed by atoms with E-state index in [0.29, 0.717) is 34.9 Å². The van der Waals surface area contributed by atoms with Gasteiger partial charge in [-0.2, -0.15) is 24.9 Å². The summed E-state index contributed by atoms with van der Waals surface area (Å²) in [5, 5.41) is 25.4. The molecule has 1 aromatic heterocycles. The van der Waals surface area contributed by atoms with E-state index in [4.69, 9.17) is 9.78 Å². The first-order chi connectivity index (χ1) is 20.9. The zero-order valence-corrected chi connectivity index (χ0v) is 26.4. The number of hydrazone groups is 1. The van der Waals surface area contributed by atoms with E-state index in [1.165, 1.54) is 7.11 Å². The molecule has 1 heterocycles. The average molecular weight is 590 g/mol. The number of anilines is 3. The van der Waals surface area contributed by atoms with Crippen molar-refractivity contribution < 1.29 is 14.9 Å². The van der Waals surface area contributed by atoms with E-state index < -0.39 is 0 Å². The van der Waals surface area contributed by atoms with Gasteiger partial charge in [0.1, 0.15) is 22.9 Å². The minimum absolute atomic E-state index is 0.0421. The van der Waals surface area contributed by atoms with E-state index in [1.807, 2.05) is 96.1 Å². The van der Waals surface area contributed by atoms with Crippen molar-refractivity contribution in [1.82, 2.24) is 15.0 Å². The quantitative estimate of drug-likeness (QED) is 0.0638. The molecular formula is C31H43N9O3. The molecule has 0 unspecified atom stereocenters. The first-order valence-corrected chi connectivity index (χ1v) is 13.9. The molecule has 0 radical (unpaired) electrons. The van der Waals surface area contributed by atoms with Gasteiger partial charge < -0.3 is 20.2 Å². The third kappa shape index (κ3) is 12.5. The Kier molecular flexibility index (Phi) is 17.3.